The van der Waals surface area contributed by atoms with E-state index in [1.54, 1.807) is 12.1 Å². The summed E-state index contributed by atoms with van der Waals surface area (Å²) in [6, 6.07) is 7.24. The van der Waals surface area contributed by atoms with Crippen LogP contribution in [0.1, 0.15) is 20.3 Å². The monoisotopic (exact) mass is 284 g/mol. The van der Waals surface area contributed by atoms with Crippen LogP contribution in [-0.4, -0.2) is 30.2 Å². The Morgan fingerprint density at radius 2 is 2.05 bits per heavy atom. The first-order valence-electron chi connectivity index (χ1n) is 6.43. The minimum atomic E-state index is -0.142. The first-order valence-corrected chi connectivity index (χ1v) is 6.81. The molecule has 0 saturated carbocycles. The van der Waals surface area contributed by atoms with Gasteiger partial charge in [0.1, 0.15) is 0 Å². The van der Waals surface area contributed by atoms with E-state index in [4.69, 9.17) is 16.7 Å². The van der Waals surface area contributed by atoms with E-state index in [2.05, 4.69) is 24.5 Å². The second-order valence-corrected chi connectivity index (χ2v) is 5.18. The van der Waals surface area contributed by atoms with Crippen molar-refractivity contribution in [2.75, 3.05) is 18.5 Å². The van der Waals surface area contributed by atoms with E-state index < -0.39 is 0 Å². The van der Waals surface area contributed by atoms with Crippen molar-refractivity contribution in [1.29, 1.82) is 0 Å². The van der Waals surface area contributed by atoms with Crippen LogP contribution in [0.4, 0.5) is 5.69 Å². The molecule has 0 radical (unpaired) electrons. The van der Waals surface area contributed by atoms with Gasteiger partial charge in [-0.2, -0.15) is 0 Å². The minimum Gasteiger partial charge on any atom is -0.396 e. The molecule has 0 aliphatic rings. The average Bonchev–Trinajstić information content (AvgIpc) is 2.37. The third-order valence-electron chi connectivity index (χ3n) is 2.92. The molecule has 19 heavy (non-hydrogen) atoms. The second kappa shape index (κ2) is 8.15. The quantitative estimate of drug-likeness (QED) is 0.720. The highest BCUT2D eigenvalue weighted by molar-refractivity contribution is 6.33. The maximum Gasteiger partial charge on any atom is 0.238 e. The second-order valence-electron chi connectivity index (χ2n) is 4.77. The number of para-hydroxylation sites is 1. The van der Waals surface area contributed by atoms with Gasteiger partial charge in [0.05, 0.1) is 17.3 Å². The molecule has 0 spiro atoms. The first-order chi connectivity index (χ1) is 9.04. The van der Waals surface area contributed by atoms with Gasteiger partial charge in [0.2, 0.25) is 5.91 Å². The Balaban J connectivity index is 2.45. The van der Waals surface area contributed by atoms with E-state index in [-0.39, 0.29) is 25.1 Å². The van der Waals surface area contributed by atoms with Crippen molar-refractivity contribution >= 4 is 23.2 Å². The highest BCUT2D eigenvalue weighted by Gasteiger charge is 2.14. The fraction of sp³-hybridized carbons (Fsp3) is 0.500. The van der Waals surface area contributed by atoms with Crippen molar-refractivity contribution in [2.24, 2.45) is 5.92 Å². The zero-order chi connectivity index (χ0) is 14.3. The molecule has 0 aromatic heterocycles. The summed E-state index contributed by atoms with van der Waals surface area (Å²) in [4.78, 5) is 11.8. The number of aliphatic hydroxyl groups is 1. The maximum atomic E-state index is 11.8. The fourth-order valence-electron chi connectivity index (χ4n) is 1.79. The molecule has 1 atom stereocenters. The van der Waals surface area contributed by atoms with Crippen LogP contribution in [0.5, 0.6) is 0 Å². The Labute approximate surface area is 119 Å². The van der Waals surface area contributed by atoms with Crippen LogP contribution in [0.3, 0.4) is 0 Å². The number of hydrogen-bond donors (Lipinski definition) is 3. The van der Waals surface area contributed by atoms with Gasteiger partial charge in [0, 0.05) is 12.6 Å². The summed E-state index contributed by atoms with van der Waals surface area (Å²) in [5.41, 5.74) is 0.610. The number of benzene rings is 1. The topological polar surface area (TPSA) is 61.4 Å². The fourth-order valence-corrected chi connectivity index (χ4v) is 1.97. The van der Waals surface area contributed by atoms with E-state index in [0.717, 1.165) is 0 Å². The van der Waals surface area contributed by atoms with E-state index in [9.17, 15) is 4.79 Å². The number of hydrogen-bond acceptors (Lipinski definition) is 3. The molecule has 1 amide bonds. The third-order valence-corrected chi connectivity index (χ3v) is 3.25. The van der Waals surface area contributed by atoms with Crippen LogP contribution in [0.25, 0.3) is 0 Å². The number of carbonyl (C=O) groups excluding carboxylic acids is 1. The van der Waals surface area contributed by atoms with Crippen molar-refractivity contribution in [3.63, 3.8) is 0 Å². The van der Waals surface area contributed by atoms with Gasteiger partial charge in [-0.3, -0.25) is 4.79 Å². The number of nitrogens with one attached hydrogen (secondary N) is 2. The number of aliphatic hydroxyl groups excluding tert-OH is 1. The van der Waals surface area contributed by atoms with Crippen LogP contribution >= 0.6 is 11.6 Å². The van der Waals surface area contributed by atoms with Gasteiger partial charge in [0.25, 0.3) is 0 Å². The summed E-state index contributed by atoms with van der Waals surface area (Å²) in [5, 5.41) is 15.4. The molecule has 3 N–H and O–H groups in total. The molecular weight excluding hydrogens is 264 g/mol. The van der Waals surface area contributed by atoms with Crippen LogP contribution in [0.15, 0.2) is 24.3 Å². The summed E-state index contributed by atoms with van der Waals surface area (Å²) < 4.78 is 0. The highest BCUT2D eigenvalue weighted by atomic mass is 35.5. The van der Waals surface area contributed by atoms with Crippen molar-refractivity contribution in [3.8, 4) is 0 Å². The molecule has 4 nitrogen and oxygen atoms in total. The lowest BCUT2D eigenvalue weighted by atomic mass is 10.0. The Bertz CT molecular complexity index is 410. The van der Waals surface area contributed by atoms with Gasteiger partial charge >= 0.3 is 0 Å². The van der Waals surface area contributed by atoms with Crippen LogP contribution in [0, 0.1) is 5.92 Å². The predicted molar refractivity (Wildman–Crippen MR) is 78.4 cm³/mol. The van der Waals surface area contributed by atoms with Crippen LogP contribution in [0.2, 0.25) is 5.02 Å². The molecule has 0 fully saturated rings. The third kappa shape index (κ3) is 5.59. The summed E-state index contributed by atoms with van der Waals surface area (Å²) in [6.45, 7) is 4.43. The summed E-state index contributed by atoms with van der Waals surface area (Å²) in [5.74, 6) is 0.219. The lowest BCUT2D eigenvalue weighted by Gasteiger charge is -2.21. The number of carbonyl (C=O) groups is 1. The highest BCUT2D eigenvalue weighted by Crippen LogP contribution is 2.20. The van der Waals surface area contributed by atoms with Crippen molar-refractivity contribution in [3.05, 3.63) is 29.3 Å². The standard InChI is InChI=1S/C14H21ClN2O2/c1-10(2)12(7-8-18)16-9-14(19)17-13-6-4-3-5-11(13)15/h3-6,10,12,16,18H,7-9H2,1-2H3,(H,17,19). The number of rotatable bonds is 7. The van der Waals surface area contributed by atoms with Crippen molar-refractivity contribution < 1.29 is 9.90 Å². The Morgan fingerprint density at radius 1 is 1.37 bits per heavy atom. The van der Waals surface area contributed by atoms with E-state index in [1.807, 2.05) is 12.1 Å². The molecule has 1 aromatic rings. The number of anilines is 1. The molecule has 106 valence electrons. The van der Waals surface area contributed by atoms with E-state index >= 15 is 0 Å². The van der Waals surface area contributed by atoms with Gasteiger partial charge in [-0.05, 0) is 24.5 Å². The summed E-state index contributed by atoms with van der Waals surface area (Å²) >= 11 is 5.96. The SMILES string of the molecule is CC(C)C(CCO)NCC(=O)Nc1ccccc1Cl. The first kappa shape index (κ1) is 16.0. The van der Waals surface area contributed by atoms with Gasteiger partial charge in [0.15, 0.2) is 0 Å². The van der Waals surface area contributed by atoms with Crippen LogP contribution < -0.4 is 10.6 Å². The Morgan fingerprint density at radius 3 is 2.63 bits per heavy atom. The van der Waals surface area contributed by atoms with E-state index in [0.29, 0.717) is 23.0 Å². The zero-order valence-electron chi connectivity index (χ0n) is 11.3. The lowest BCUT2D eigenvalue weighted by Crippen LogP contribution is -2.39. The van der Waals surface area contributed by atoms with Crippen molar-refractivity contribution in [2.45, 2.75) is 26.3 Å². The molecular formula is C14H21ClN2O2. The molecule has 0 saturated heterocycles. The Kier molecular flexibility index (Phi) is 6.84. The van der Waals surface area contributed by atoms with Gasteiger partial charge in [-0.25, -0.2) is 0 Å². The van der Waals surface area contributed by atoms with Gasteiger partial charge in [-0.1, -0.05) is 37.6 Å². The smallest absolute Gasteiger partial charge is 0.238 e. The lowest BCUT2D eigenvalue weighted by molar-refractivity contribution is -0.115. The molecule has 1 unspecified atom stereocenters. The van der Waals surface area contributed by atoms with E-state index in [1.165, 1.54) is 0 Å². The zero-order valence-corrected chi connectivity index (χ0v) is 12.1. The number of halogens is 1. The van der Waals surface area contributed by atoms with Gasteiger partial charge in [-0.15, -0.1) is 0 Å². The summed E-state index contributed by atoms with van der Waals surface area (Å²) in [7, 11) is 0. The molecule has 0 bridgehead atoms. The molecule has 0 aliphatic heterocycles. The van der Waals surface area contributed by atoms with Crippen molar-refractivity contribution in [1.82, 2.24) is 5.32 Å². The Hall–Kier alpha value is -1.10. The minimum absolute atomic E-state index is 0.113. The molecule has 0 heterocycles. The largest absolute Gasteiger partial charge is 0.396 e. The summed E-state index contributed by atoms with van der Waals surface area (Å²) in [6.07, 6.45) is 0.636. The number of amides is 1. The molecule has 1 aromatic carbocycles. The molecule has 1 rings (SSSR count). The predicted octanol–water partition coefficient (Wildman–Crippen LogP) is 2.28. The van der Waals surface area contributed by atoms with Crippen LogP contribution in [-0.2, 0) is 4.79 Å². The van der Waals surface area contributed by atoms with Gasteiger partial charge < -0.3 is 15.7 Å². The maximum absolute atomic E-state index is 11.8. The molecule has 0 aliphatic carbocycles. The molecule has 5 heteroatoms. The average molecular weight is 285 g/mol. The normalized spacial score (nSPS) is 12.5.